The van der Waals surface area contributed by atoms with E-state index in [1.807, 2.05) is 0 Å². The van der Waals surface area contributed by atoms with Gasteiger partial charge in [0.05, 0.1) is 0 Å². The number of rotatable bonds is 5. The van der Waals surface area contributed by atoms with Crippen LogP contribution in [0.25, 0.3) is 0 Å². The van der Waals surface area contributed by atoms with E-state index >= 15 is 0 Å². The van der Waals surface area contributed by atoms with Crippen molar-refractivity contribution in [3.8, 4) is 0 Å². The summed E-state index contributed by atoms with van der Waals surface area (Å²) >= 11 is 0. The van der Waals surface area contributed by atoms with Crippen molar-refractivity contribution in [3.05, 3.63) is 47.3 Å². The molecule has 0 unspecified atom stereocenters. The third-order valence-corrected chi connectivity index (χ3v) is 3.18. The first kappa shape index (κ1) is 14.3. The van der Waals surface area contributed by atoms with Crippen LogP contribution in [0.2, 0.25) is 0 Å². The Morgan fingerprint density at radius 3 is 2.35 bits per heavy atom. The second-order valence-corrected chi connectivity index (χ2v) is 5.21. The van der Waals surface area contributed by atoms with E-state index in [1.165, 1.54) is 11.1 Å². The average Bonchev–Trinajstić information content (AvgIpc) is 2.45. The summed E-state index contributed by atoms with van der Waals surface area (Å²) in [6, 6.07) is 10.4. The molecule has 0 fully saturated rings. The Balaban J connectivity index is 2.06. The van der Waals surface area contributed by atoms with E-state index in [4.69, 9.17) is 5.73 Å². The van der Waals surface area contributed by atoms with Gasteiger partial charge in [-0.2, -0.15) is 0 Å². The summed E-state index contributed by atoms with van der Waals surface area (Å²) in [4.78, 5) is 8.72. The van der Waals surface area contributed by atoms with Crippen LogP contribution in [-0.2, 0) is 13.0 Å². The second-order valence-electron chi connectivity index (χ2n) is 5.21. The van der Waals surface area contributed by atoms with Gasteiger partial charge in [0, 0.05) is 18.5 Å². The van der Waals surface area contributed by atoms with Crippen molar-refractivity contribution in [2.45, 2.75) is 39.7 Å². The lowest BCUT2D eigenvalue weighted by atomic mass is 10.1. The summed E-state index contributed by atoms with van der Waals surface area (Å²) in [7, 11) is 0. The Kier molecular flexibility index (Phi) is 4.56. The zero-order chi connectivity index (χ0) is 14.5. The Hall–Kier alpha value is -2.10. The van der Waals surface area contributed by atoms with Crippen LogP contribution in [-0.4, -0.2) is 9.97 Å². The van der Waals surface area contributed by atoms with Crippen molar-refractivity contribution < 1.29 is 0 Å². The highest BCUT2D eigenvalue weighted by Crippen LogP contribution is 2.16. The van der Waals surface area contributed by atoms with Crippen LogP contribution in [0.15, 0.2) is 30.3 Å². The van der Waals surface area contributed by atoms with E-state index in [1.54, 1.807) is 6.07 Å². The predicted octanol–water partition coefficient (Wildman–Crippen LogP) is 3.36. The molecule has 1 heterocycles. The molecule has 0 bridgehead atoms. The maximum absolute atomic E-state index is 5.81. The van der Waals surface area contributed by atoms with Gasteiger partial charge in [0.2, 0.25) is 0 Å². The molecule has 0 atom stereocenters. The van der Waals surface area contributed by atoms with Crippen molar-refractivity contribution in [1.29, 1.82) is 0 Å². The minimum atomic E-state index is 0.267. The molecule has 0 radical (unpaired) electrons. The number of nitrogens with one attached hydrogen (secondary N) is 1. The summed E-state index contributed by atoms with van der Waals surface area (Å²) in [6.45, 7) is 7.01. The van der Waals surface area contributed by atoms with Crippen molar-refractivity contribution in [3.63, 3.8) is 0 Å². The number of nitrogen functional groups attached to an aromatic ring is 1. The summed E-state index contributed by atoms with van der Waals surface area (Å²) in [5, 5.41) is 3.30. The van der Waals surface area contributed by atoms with Gasteiger partial charge in [-0.1, -0.05) is 45.0 Å². The SMILES string of the molecule is CCc1ccc(CNc2cc(N)nc(C(C)C)n2)cc1. The number of hydrogen-bond donors (Lipinski definition) is 2. The van der Waals surface area contributed by atoms with Crippen molar-refractivity contribution >= 4 is 11.6 Å². The topological polar surface area (TPSA) is 63.8 Å². The van der Waals surface area contributed by atoms with Gasteiger partial charge in [-0.05, 0) is 17.5 Å². The summed E-state index contributed by atoms with van der Waals surface area (Å²) in [5.74, 6) is 2.32. The first-order valence-electron chi connectivity index (χ1n) is 7.04. The van der Waals surface area contributed by atoms with E-state index in [0.29, 0.717) is 5.82 Å². The molecule has 0 saturated heterocycles. The number of aryl methyl sites for hydroxylation is 1. The molecule has 0 spiro atoms. The molecule has 4 heteroatoms. The highest BCUT2D eigenvalue weighted by Gasteiger charge is 2.06. The number of anilines is 2. The van der Waals surface area contributed by atoms with Gasteiger partial charge < -0.3 is 11.1 Å². The number of aromatic nitrogens is 2. The molecule has 2 rings (SSSR count). The summed E-state index contributed by atoms with van der Waals surface area (Å²) < 4.78 is 0. The Labute approximate surface area is 120 Å². The average molecular weight is 270 g/mol. The van der Waals surface area contributed by atoms with Crippen molar-refractivity contribution in [2.75, 3.05) is 11.1 Å². The first-order chi connectivity index (χ1) is 9.58. The van der Waals surface area contributed by atoms with Crippen LogP contribution in [0, 0.1) is 0 Å². The Bertz CT molecular complexity index is 561. The van der Waals surface area contributed by atoms with Crippen LogP contribution in [0.5, 0.6) is 0 Å². The predicted molar refractivity (Wildman–Crippen MR) is 83.7 cm³/mol. The normalized spacial score (nSPS) is 10.8. The van der Waals surface area contributed by atoms with Crippen LogP contribution in [0.1, 0.15) is 43.6 Å². The minimum absolute atomic E-state index is 0.267. The Morgan fingerprint density at radius 2 is 1.75 bits per heavy atom. The van der Waals surface area contributed by atoms with Crippen molar-refractivity contribution in [2.24, 2.45) is 0 Å². The quantitative estimate of drug-likeness (QED) is 0.874. The van der Waals surface area contributed by atoms with E-state index in [-0.39, 0.29) is 5.92 Å². The van der Waals surface area contributed by atoms with E-state index in [9.17, 15) is 0 Å². The van der Waals surface area contributed by atoms with Gasteiger partial charge in [0.25, 0.3) is 0 Å². The largest absolute Gasteiger partial charge is 0.384 e. The first-order valence-corrected chi connectivity index (χ1v) is 7.04. The van der Waals surface area contributed by atoms with Crippen LogP contribution >= 0.6 is 0 Å². The zero-order valence-corrected chi connectivity index (χ0v) is 12.4. The Morgan fingerprint density at radius 1 is 1.10 bits per heavy atom. The molecular weight excluding hydrogens is 248 g/mol. The molecular formula is C16H22N4. The third-order valence-electron chi connectivity index (χ3n) is 3.18. The van der Waals surface area contributed by atoms with Gasteiger partial charge >= 0.3 is 0 Å². The molecule has 0 amide bonds. The van der Waals surface area contributed by atoms with E-state index in [0.717, 1.165) is 24.6 Å². The monoisotopic (exact) mass is 270 g/mol. The molecule has 0 saturated carbocycles. The van der Waals surface area contributed by atoms with E-state index in [2.05, 4.69) is 60.3 Å². The molecule has 4 nitrogen and oxygen atoms in total. The highest BCUT2D eigenvalue weighted by molar-refractivity contribution is 5.45. The molecule has 0 aliphatic carbocycles. The van der Waals surface area contributed by atoms with Gasteiger partial charge in [0.1, 0.15) is 17.5 Å². The fourth-order valence-corrected chi connectivity index (χ4v) is 1.92. The lowest BCUT2D eigenvalue weighted by Crippen LogP contribution is -2.07. The smallest absolute Gasteiger partial charge is 0.135 e. The fourth-order valence-electron chi connectivity index (χ4n) is 1.92. The zero-order valence-electron chi connectivity index (χ0n) is 12.4. The molecule has 3 N–H and O–H groups in total. The maximum atomic E-state index is 5.81. The third kappa shape index (κ3) is 3.70. The maximum Gasteiger partial charge on any atom is 0.135 e. The summed E-state index contributed by atoms with van der Waals surface area (Å²) in [5.41, 5.74) is 8.39. The van der Waals surface area contributed by atoms with Crippen LogP contribution in [0.3, 0.4) is 0 Å². The molecule has 2 aromatic rings. The molecule has 20 heavy (non-hydrogen) atoms. The number of nitrogens with zero attached hydrogens (tertiary/aromatic N) is 2. The standard InChI is InChI=1S/C16H22N4/c1-4-12-5-7-13(8-6-12)10-18-15-9-14(17)19-16(20-15)11(2)3/h5-9,11H,4,10H2,1-3H3,(H3,17,18,19,20). The molecule has 0 aliphatic rings. The van der Waals surface area contributed by atoms with Gasteiger partial charge in [0.15, 0.2) is 0 Å². The second kappa shape index (κ2) is 6.37. The number of benzene rings is 1. The fraction of sp³-hybridized carbons (Fsp3) is 0.375. The minimum Gasteiger partial charge on any atom is -0.384 e. The summed E-state index contributed by atoms with van der Waals surface area (Å²) in [6.07, 6.45) is 1.06. The molecule has 0 aliphatic heterocycles. The highest BCUT2D eigenvalue weighted by atomic mass is 15.0. The van der Waals surface area contributed by atoms with Gasteiger partial charge in [-0.15, -0.1) is 0 Å². The van der Waals surface area contributed by atoms with Crippen LogP contribution in [0.4, 0.5) is 11.6 Å². The van der Waals surface area contributed by atoms with E-state index < -0.39 is 0 Å². The lowest BCUT2D eigenvalue weighted by Gasteiger charge is -2.10. The van der Waals surface area contributed by atoms with Crippen LogP contribution < -0.4 is 11.1 Å². The lowest BCUT2D eigenvalue weighted by molar-refractivity contribution is 0.777. The van der Waals surface area contributed by atoms with Crippen molar-refractivity contribution in [1.82, 2.24) is 9.97 Å². The van der Waals surface area contributed by atoms with Gasteiger partial charge in [-0.3, -0.25) is 0 Å². The number of hydrogen-bond acceptors (Lipinski definition) is 4. The molecule has 1 aromatic heterocycles. The number of nitrogens with two attached hydrogens (primary N) is 1. The molecule has 1 aromatic carbocycles. The molecule has 106 valence electrons. The van der Waals surface area contributed by atoms with Gasteiger partial charge in [-0.25, -0.2) is 9.97 Å².